The number of carbonyl (C=O) groups excluding carboxylic acids is 1. The van der Waals surface area contributed by atoms with Crippen molar-refractivity contribution in [3.05, 3.63) is 30.0 Å². The summed E-state index contributed by atoms with van der Waals surface area (Å²) in [5.74, 6) is -0.595. The maximum Gasteiger partial charge on any atom is 0.573 e. The first-order chi connectivity index (χ1) is 8.28. The summed E-state index contributed by atoms with van der Waals surface area (Å²) in [7, 11) is 0. The lowest BCUT2D eigenvalue weighted by atomic mass is 10.2. The SMILES string of the molecule is CC(=O)n1c(C)cc2ccc(OC(F)(F)F)cc21. The number of aryl methyl sites for hydroxylation is 1. The van der Waals surface area contributed by atoms with Gasteiger partial charge in [-0.3, -0.25) is 9.36 Å². The summed E-state index contributed by atoms with van der Waals surface area (Å²) in [6.45, 7) is 3.06. The zero-order valence-corrected chi connectivity index (χ0v) is 9.71. The minimum atomic E-state index is -4.74. The second-order valence-electron chi connectivity index (χ2n) is 3.91. The van der Waals surface area contributed by atoms with Gasteiger partial charge in [-0.05, 0) is 25.1 Å². The van der Waals surface area contributed by atoms with Gasteiger partial charge in [0.15, 0.2) is 0 Å². The molecular weight excluding hydrogens is 247 g/mol. The van der Waals surface area contributed by atoms with Crippen LogP contribution in [-0.2, 0) is 0 Å². The van der Waals surface area contributed by atoms with Crippen LogP contribution in [0.1, 0.15) is 17.4 Å². The third-order valence-corrected chi connectivity index (χ3v) is 2.51. The summed E-state index contributed by atoms with van der Waals surface area (Å²) in [5, 5.41) is 0.692. The highest BCUT2D eigenvalue weighted by atomic mass is 19.4. The molecule has 1 aromatic heterocycles. The van der Waals surface area contributed by atoms with Crippen molar-refractivity contribution < 1.29 is 22.7 Å². The van der Waals surface area contributed by atoms with E-state index in [9.17, 15) is 18.0 Å². The number of fused-ring (bicyclic) bond motifs is 1. The Balaban J connectivity index is 2.56. The Kier molecular flexibility index (Phi) is 2.80. The van der Waals surface area contributed by atoms with Gasteiger partial charge in [0.1, 0.15) is 5.75 Å². The Hall–Kier alpha value is -1.98. The van der Waals surface area contributed by atoms with E-state index in [-0.39, 0.29) is 11.7 Å². The summed E-state index contributed by atoms with van der Waals surface area (Å²) in [6, 6.07) is 5.65. The molecule has 0 aliphatic rings. The summed E-state index contributed by atoms with van der Waals surface area (Å²) < 4.78 is 41.5. The number of rotatable bonds is 1. The summed E-state index contributed by atoms with van der Waals surface area (Å²) >= 11 is 0. The van der Waals surface area contributed by atoms with Gasteiger partial charge in [-0.15, -0.1) is 13.2 Å². The first-order valence-corrected chi connectivity index (χ1v) is 5.17. The van der Waals surface area contributed by atoms with Crippen molar-refractivity contribution in [1.82, 2.24) is 4.57 Å². The van der Waals surface area contributed by atoms with Crippen LogP contribution in [0, 0.1) is 6.92 Å². The summed E-state index contributed by atoms with van der Waals surface area (Å²) in [5.41, 5.74) is 1.07. The largest absolute Gasteiger partial charge is 0.573 e. The second kappa shape index (κ2) is 4.04. The molecule has 0 amide bonds. The normalized spacial score (nSPS) is 11.8. The Morgan fingerprint density at radius 2 is 1.94 bits per heavy atom. The highest BCUT2D eigenvalue weighted by Crippen LogP contribution is 2.28. The summed E-state index contributed by atoms with van der Waals surface area (Å²) in [6.07, 6.45) is -4.74. The molecule has 3 nitrogen and oxygen atoms in total. The van der Waals surface area contributed by atoms with Crippen LogP contribution in [-0.4, -0.2) is 16.8 Å². The van der Waals surface area contributed by atoms with Gasteiger partial charge in [-0.25, -0.2) is 0 Å². The van der Waals surface area contributed by atoms with Gasteiger partial charge in [0.2, 0.25) is 5.91 Å². The average Bonchev–Trinajstić information content (AvgIpc) is 2.50. The van der Waals surface area contributed by atoms with Gasteiger partial charge in [-0.1, -0.05) is 0 Å². The van der Waals surface area contributed by atoms with Gasteiger partial charge in [0.05, 0.1) is 5.52 Å². The van der Waals surface area contributed by atoms with Crippen molar-refractivity contribution >= 4 is 16.8 Å². The smallest absolute Gasteiger partial charge is 0.406 e. The Labute approximate surface area is 101 Å². The van der Waals surface area contributed by atoms with Crippen LogP contribution in [0.4, 0.5) is 13.2 Å². The molecule has 1 aromatic carbocycles. The second-order valence-corrected chi connectivity index (χ2v) is 3.91. The van der Waals surface area contributed by atoms with E-state index in [1.165, 1.54) is 29.7 Å². The molecule has 1 heterocycles. The molecule has 96 valence electrons. The Morgan fingerprint density at radius 3 is 2.50 bits per heavy atom. The number of halogens is 3. The quantitative estimate of drug-likeness (QED) is 0.782. The molecule has 6 heteroatoms. The van der Waals surface area contributed by atoms with Crippen LogP contribution >= 0.6 is 0 Å². The molecule has 0 fully saturated rings. The minimum Gasteiger partial charge on any atom is -0.406 e. The van der Waals surface area contributed by atoms with E-state index in [0.717, 1.165) is 0 Å². The molecule has 2 aromatic rings. The van der Waals surface area contributed by atoms with Gasteiger partial charge in [0.25, 0.3) is 0 Å². The lowest BCUT2D eigenvalue weighted by Crippen LogP contribution is -2.17. The first kappa shape index (κ1) is 12.5. The summed E-state index contributed by atoms with van der Waals surface area (Å²) in [4.78, 5) is 11.4. The molecule has 18 heavy (non-hydrogen) atoms. The molecule has 0 saturated carbocycles. The molecule has 0 bridgehead atoms. The highest BCUT2D eigenvalue weighted by Gasteiger charge is 2.31. The van der Waals surface area contributed by atoms with Crippen LogP contribution in [0.25, 0.3) is 10.9 Å². The van der Waals surface area contributed by atoms with Crippen molar-refractivity contribution in [1.29, 1.82) is 0 Å². The van der Waals surface area contributed by atoms with Gasteiger partial charge < -0.3 is 4.74 Å². The average molecular weight is 257 g/mol. The third kappa shape index (κ3) is 2.32. The molecule has 0 unspecified atom stereocenters. The van der Waals surface area contributed by atoms with Crippen LogP contribution in [0.15, 0.2) is 24.3 Å². The van der Waals surface area contributed by atoms with Crippen LogP contribution in [0.2, 0.25) is 0 Å². The third-order valence-electron chi connectivity index (χ3n) is 2.51. The van der Waals surface area contributed by atoms with Gasteiger partial charge in [-0.2, -0.15) is 0 Å². The van der Waals surface area contributed by atoms with Gasteiger partial charge in [0, 0.05) is 24.1 Å². The maximum absolute atomic E-state index is 12.1. The fraction of sp³-hybridized carbons (Fsp3) is 0.250. The van der Waals surface area contributed by atoms with E-state index in [4.69, 9.17) is 0 Å². The molecule has 0 atom stereocenters. The van der Waals surface area contributed by atoms with E-state index >= 15 is 0 Å². The molecule has 0 N–H and O–H groups in total. The monoisotopic (exact) mass is 257 g/mol. The molecule has 0 aliphatic heterocycles. The number of benzene rings is 1. The first-order valence-electron chi connectivity index (χ1n) is 5.17. The fourth-order valence-electron chi connectivity index (χ4n) is 1.93. The minimum absolute atomic E-state index is 0.258. The van der Waals surface area contributed by atoms with E-state index in [2.05, 4.69) is 4.74 Å². The number of alkyl halides is 3. The van der Waals surface area contributed by atoms with Crippen LogP contribution in [0.5, 0.6) is 5.75 Å². The van der Waals surface area contributed by atoms with Crippen molar-refractivity contribution in [2.75, 3.05) is 0 Å². The number of aromatic nitrogens is 1. The maximum atomic E-state index is 12.1. The van der Waals surface area contributed by atoms with E-state index in [1.54, 1.807) is 13.0 Å². The Bertz CT molecular complexity index is 614. The number of hydrogen-bond acceptors (Lipinski definition) is 2. The molecule has 0 spiro atoms. The molecule has 0 saturated heterocycles. The lowest BCUT2D eigenvalue weighted by Gasteiger charge is -2.09. The number of carbonyl (C=O) groups is 1. The molecular formula is C12H10F3NO2. The van der Waals surface area contributed by atoms with E-state index < -0.39 is 6.36 Å². The highest BCUT2D eigenvalue weighted by molar-refractivity contribution is 5.93. The van der Waals surface area contributed by atoms with Crippen LogP contribution < -0.4 is 4.74 Å². The van der Waals surface area contributed by atoms with Crippen molar-refractivity contribution in [3.63, 3.8) is 0 Å². The fourth-order valence-corrected chi connectivity index (χ4v) is 1.93. The zero-order valence-electron chi connectivity index (χ0n) is 9.71. The van der Waals surface area contributed by atoms with Crippen molar-refractivity contribution in [2.45, 2.75) is 20.2 Å². The van der Waals surface area contributed by atoms with E-state index in [0.29, 0.717) is 16.6 Å². The zero-order chi connectivity index (χ0) is 13.5. The lowest BCUT2D eigenvalue weighted by molar-refractivity contribution is -0.274. The van der Waals surface area contributed by atoms with Crippen molar-refractivity contribution in [3.8, 4) is 5.75 Å². The Morgan fingerprint density at radius 1 is 1.28 bits per heavy atom. The molecule has 2 rings (SSSR count). The number of ether oxygens (including phenoxy) is 1. The standard InChI is InChI=1S/C12H10F3NO2/c1-7-5-9-3-4-10(18-12(13,14)15)6-11(9)16(7)8(2)17/h3-6H,1-2H3. The number of nitrogens with zero attached hydrogens (tertiary/aromatic N) is 1. The molecule has 0 radical (unpaired) electrons. The van der Waals surface area contributed by atoms with Crippen LogP contribution in [0.3, 0.4) is 0 Å². The molecule has 0 aliphatic carbocycles. The van der Waals surface area contributed by atoms with E-state index in [1.807, 2.05) is 0 Å². The number of hydrogen-bond donors (Lipinski definition) is 0. The predicted molar refractivity (Wildman–Crippen MR) is 59.7 cm³/mol. The van der Waals surface area contributed by atoms with Crippen molar-refractivity contribution in [2.24, 2.45) is 0 Å². The topological polar surface area (TPSA) is 31.2 Å². The predicted octanol–water partition coefficient (Wildman–Crippen LogP) is 3.51. The van der Waals surface area contributed by atoms with Gasteiger partial charge >= 0.3 is 6.36 Å².